The van der Waals surface area contributed by atoms with E-state index in [4.69, 9.17) is 4.74 Å². The Labute approximate surface area is 88.5 Å². The summed E-state index contributed by atoms with van der Waals surface area (Å²) >= 11 is 1.66. The normalized spacial score (nSPS) is 18.1. The van der Waals surface area contributed by atoms with E-state index in [2.05, 4.69) is 15.7 Å². The van der Waals surface area contributed by atoms with Crippen LogP contribution in [0.4, 0.5) is 5.13 Å². The highest BCUT2D eigenvalue weighted by Gasteiger charge is 2.21. The molecule has 1 aromatic rings. The van der Waals surface area contributed by atoms with Gasteiger partial charge >= 0.3 is 0 Å². The number of nitrogens with one attached hydrogen (secondary N) is 1. The van der Waals surface area contributed by atoms with E-state index in [1.807, 2.05) is 6.92 Å². The van der Waals surface area contributed by atoms with Crippen LogP contribution in [-0.4, -0.2) is 18.6 Å². The molecule has 2 rings (SSSR count). The van der Waals surface area contributed by atoms with Gasteiger partial charge < -0.3 is 10.1 Å². The second-order valence-corrected chi connectivity index (χ2v) is 4.64. The van der Waals surface area contributed by atoms with Crippen molar-refractivity contribution in [2.75, 3.05) is 19.0 Å². The summed E-state index contributed by atoms with van der Waals surface area (Å²) in [6.45, 7) is 3.09. The maximum absolute atomic E-state index is 5.20. The summed E-state index contributed by atoms with van der Waals surface area (Å²) in [4.78, 5) is 4.46. The van der Waals surface area contributed by atoms with Gasteiger partial charge in [0.1, 0.15) is 0 Å². The fourth-order valence-electron chi connectivity index (χ4n) is 1.23. The molecule has 3 nitrogen and oxygen atoms in total. The Morgan fingerprint density at radius 2 is 2.50 bits per heavy atom. The van der Waals surface area contributed by atoms with Gasteiger partial charge in [0.2, 0.25) is 0 Å². The first-order valence-corrected chi connectivity index (χ1v) is 5.89. The minimum Gasteiger partial charge on any atom is -0.375 e. The van der Waals surface area contributed by atoms with Crippen LogP contribution in [-0.2, 0) is 4.74 Å². The van der Waals surface area contributed by atoms with Crippen molar-refractivity contribution in [1.29, 1.82) is 0 Å². The van der Waals surface area contributed by atoms with Crippen LogP contribution in [0, 0.1) is 5.92 Å². The molecular weight excluding hydrogens is 196 g/mol. The Morgan fingerprint density at radius 3 is 3.14 bits per heavy atom. The number of methoxy groups -OCH3 is 1. The van der Waals surface area contributed by atoms with E-state index < -0.39 is 0 Å². The third-order valence-corrected chi connectivity index (χ3v) is 3.35. The van der Waals surface area contributed by atoms with Gasteiger partial charge in [0.25, 0.3) is 0 Å². The summed E-state index contributed by atoms with van der Waals surface area (Å²) in [5, 5.41) is 6.44. The lowest BCUT2D eigenvalue weighted by Crippen LogP contribution is -2.03. The Kier molecular flexibility index (Phi) is 3.03. The van der Waals surface area contributed by atoms with E-state index in [-0.39, 0.29) is 6.10 Å². The van der Waals surface area contributed by atoms with Gasteiger partial charge in [-0.05, 0) is 25.7 Å². The molecule has 0 amide bonds. The Balaban J connectivity index is 1.87. The van der Waals surface area contributed by atoms with E-state index >= 15 is 0 Å². The number of aromatic nitrogens is 1. The van der Waals surface area contributed by atoms with Crippen molar-refractivity contribution in [3.63, 3.8) is 0 Å². The van der Waals surface area contributed by atoms with Crippen molar-refractivity contribution < 1.29 is 4.74 Å². The molecule has 1 heterocycles. The van der Waals surface area contributed by atoms with Crippen LogP contribution in [0.15, 0.2) is 5.38 Å². The summed E-state index contributed by atoms with van der Waals surface area (Å²) < 4.78 is 5.20. The Hall–Kier alpha value is -0.610. The van der Waals surface area contributed by atoms with Crippen molar-refractivity contribution in [3.05, 3.63) is 11.1 Å². The fourth-order valence-corrected chi connectivity index (χ4v) is 2.03. The first-order chi connectivity index (χ1) is 6.79. The van der Waals surface area contributed by atoms with Gasteiger partial charge in [-0.3, -0.25) is 0 Å². The maximum atomic E-state index is 5.20. The quantitative estimate of drug-likeness (QED) is 0.814. The molecule has 1 aromatic heterocycles. The zero-order chi connectivity index (χ0) is 9.97. The van der Waals surface area contributed by atoms with Crippen LogP contribution >= 0.6 is 11.3 Å². The number of thiazole rings is 1. The summed E-state index contributed by atoms with van der Waals surface area (Å²) in [6.07, 6.45) is 2.85. The third-order valence-electron chi connectivity index (χ3n) is 2.53. The third kappa shape index (κ3) is 2.45. The van der Waals surface area contributed by atoms with Crippen LogP contribution in [0.2, 0.25) is 0 Å². The van der Waals surface area contributed by atoms with E-state index in [9.17, 15) is 0 Å². The van der Waals surface area contributed by atoms with Gasteiger partial charge in [0.15, 0.2) is 5.13 Å². The second-order valence-electron chi connectivity index (χ2n) is 3.78. The largest absolute Gasteiger partial charge is 0.375 e. The smallest absolute Gasteiger partial charge is 0.182 e. The highest BCUT2D eigenvalue weighted by molar-refractivity contribution is 7.13. The summed E-state index contributed by atoms with van der Waals surface area (Å²) in [5.41, 5.74) is 1.02. The molecule has 1 fully saturated rings. The molecule has 0 saturated heterocycles. The van der Waals surface area contributed by atoms with Crippen molar-refractivity contribution >= 4 is 16.5 Å². The number of hydrogen-bond acceptors (Lipinski definition) is 4. The highest BCUT2D eigenvalue weighted by Crippen LogP contribution is 2.30. The van der Waals surface area contributed by atoms with Crippen molar-refractivity contribution in [3.8, 4) is 0 Å². The van der Waals surface area contributed by atoms with Gasteiger partial charge in [-0.15, -0.1) is 11.3 Å². The molecule has 14 heavy (non-hydrogen) atoms. The zero-order valence-electron chi connectivity index (χ0n) is 8.62. The molecular formula is C10H16N2OS. The summed E-state index contributed by atoms with van der Waals surface area (Å²) in [6, 6.07) is 0. The number of hydrogen-bond donors (Lipinski definition) is 1. The Morgan fingerprint density at radius 1 is 1.71 bits per heavy atom. The van der Waals surface area contributed by atoms with E-state index in [1.165, 1.54) is 12.8 Å². The molecule has 0 radical (unpaired) electrons. The molecule has 0 spiro atoms. The molecule has 4 heteroatoms. The van der Waals surface area contributed by atoms with Gasteiger partial charge in [-0.2, -0.15) is 0 Å². The number of nitrogens with zero attached hydrogens (tertiary/aromatic N) is 1. The van der Waals surface area contributed by atoms with Crippen LogP contribution < -0.4 is 5.32 Å². The maximum Gasteiger partial charge on any atom is 0.182 e. The van der Waals surface area contributed by atoms with Crippen LogP contribution in [0.3, 0.4) is 0 Å². The molecule has 1 aliphatic carbocycles. The average Bonchev–Trinajstić information content (AvgIpc) is 2.92. The predicted molar refractivity (Wildman–Crippen MR) is 58.8 cm³/mol. The number of anilines is 1. The van der Waals surface area contributed by atoms with Gasteiger partial charge in [-0.1, -0.05) is 0 Å². The first-order valence-electron chi connectivity index (χ1n) is 5.01. The second kappa shape index (κ2) is 4.28. The molecule has 1 saturated carbocycles. The molecule has 0 aliphatic heterocycles. The van der Waals surface area contributed by atoms with Crippen molar-refractivity contribution in [2.24, 2.45) is 5.92 Å². The molecule has 1 aliphatic rings. The minimum atomic E-state index is 0.0997. The van der Waals surface area contributed by atoms with E-state index in [1.54, 1.807) is 18.4 Å². The summed E-state index contributed by atoms with van der Waals surface area (Å²) in [7, 11) is 1.71. The Bertz CT molecular complexity index is 296. The lowest BCUT2D eigenvalue weighted by Gasteiger charge is -2.04. The standard InChI is InChI=1S/C10H16N2OS/c1-7(13-2)9-6-14-10(12-9)11-5-8-3-4-8/h6-8H,3-5H2,1-2H3,(H,11,12). The molecule has 0 aromatic carbocycles. The molecule has 78 valence electrons. The van der Waals surface area contributed by atoms with Crippen LogP contribution in [0.1, 0.15) is 31.6 Å². The van der Waals surface area contributed by atoms with E-state index in [0.717, 1.165) is 23.3 Å². The van der Waals surface area contributed by atoms with Crippen LogP contribution in [0.5, 0.6) is 0 Å². The van der Waals surface area contributed by atoms with Crippen LogP contribution in [0.25, 0.3) is 0 Å². The average molecular weight is 212 g/mol. The highest BCUT2D eigenvalue weighted by atomic mass is 32.1. The lowest BCUT2D eigenvalue weighted by molar-refractivity contribution is 0.116. The molecule has 1 unspecified atom stereocenters. The SMILES string of the molecule is COC(C)c1csc(NCC2CC2)n1. The summed E-state index contributed by atoms with van der Waals surface area (Å²) in [5.74, 6) is 0.891. The zero-order valence-corrected chi connectivity index (χ0v) is 9.43. The minimum absolute atomic E-state index is 0.0997. The topological polar surface area (TPSA) is 34.1 Å². The lowest BCUT2D eigenvalue weighted by atomic mass is 10.3. The molecule has 0 bridgehead atoms. The van der Waals surface area contributed by atoms with E-state index in [0.29, 0.717) is 0 Å². The van der Waals surface area contributed by atoms with Gasteiger partial charge in [0.05, 0.1) is 11.8 Å². The monoisotopic (exact) mass is 212 g/mol. The van der Waals surface area contributed by atoms with Crippen molar-refractivity contribution in [2.45, 2.75) is 25.9 Å². The molecule has 1 atom stereocenters. The first kappa shape index (κ1) is 9.93. The molecule has 1 N–H and O–H groups in total. The predicted octanol–water partition coefficient (Wildman–Crippen LogP) is 2.67. The van der Waals surface area contributed by atoms with Gasteiger partial charge in [0, 0.05) is 19.0 Å². The number of rotatable bonds is 5. The van der Waals surface area contributed by atoms with Gasteiger partial charge in [-0.25, -0.2) is 4.98 Å². The number of ether oxygens (including phenoxy) is 1. The fraction of sp³-hybridized carbons (Fsp3) is 0.700. The van der Waals surface area contributed by atoms with Crippen molar-refractivity contribution in [1.82, 2.24) is 4.98 Å².